The number of nitrogens with zero attached hydrogens (tertiary/aromatic N) is 3. The maximum Gasteiger partial charge on any atom is 0.140 e. The molecule has 0 aromatic carbocycles. The van der Waals surface area contributed by atoms with Gasteiger partial charge in [-0.15, -0.1) is 0 Å². The summed E-state index contributed by atoms with van der Waals surface area (Å²) >= 11 is 0. The highest BCUT2D eigenvalue weighted by molar-refractivity contribution is 5.99. The van der Waals surface area contributed by atoms with Crippen molar-refractivity contribution in [3.63, 3.8) is 0 Å². The van der Waals surface area contributed by atoms with Gasteiger partial charge in [0, 0.05) is 5.71 Å². The van der Waals surface area contributed by atoms with E-state index in [9.17, 15) is 0 Å². The van der Waals surface area contributed by atoms with Gasteiger partial charge in [-0.05, 0) is 38.0 Å². The summed E-state index contributed by atoms with van der Waals surface area (Å²) in [5, 5.41) is 8.73. The molecule has 0 unspecified atom stereocenters. The van der Waals surface area contributed by atoms with E-state index < -0.39 is 0 Å². The zero-order valence-electron chi connectivity index (χ0n) is 10.6. The smallest absolute Gasteiger partial charge is 0.140 e. The molecule has 0 atom stereocenters. The van der Waals surface area contributed by atoms with Crippen LogP contribution in [0.4, 0.5) is 5.69 Å². The van der Waals surface area contributed by atoms with E-state index in [1.807, 2.05) is 26.0 Å². The van der Waals surface area contributed by atoms with Gasteiger partial charge >= 0.3 is 0 Å². The van der Waals surface area contributed by atoms with E-state index in [0.29, 0.717) is 5.69 Å². The van der Waals surface area contributed by atoms with Crippen LogP contribution in [0.2, 0.25) is 0 Å². The quantitative estimate of drug-likeness (QED) is 0.736. The molecule has 0 fully saturated rings. The van der Waals surface area contributed by atoms with Crippen molar-refractivity contribution in [3.05, 3.63) is 35.7 Å². The van der Waals surface area contributed by atoms with Crippen molar-refractivity contribution in [2.75, 3.05) is 0 Å². The topological polar surface area (TPSA) is 49.0 Å². The lowest BCUT2D eigenvalue weighted by Crippen LogP contribution is -1.96. The summed E-state index contributed by atoms with van der Waals surface area (Å²) in [6.45, 7) is 9.93. The van der Waals surface area contributed by atoms with Crippen molar-refractivity contribution in [1.29, 1.82) is 5.26 Å². The zero-order chi connectivity index (χ0) is 12.8. The Morgan fingerprint density at radius 2 is 2.24 bits per heavy atom. The molecule has 1 aromatic heterocycles. The van der Waals surface area contributed by atoms with Crippen molar-refractivity contribution in [2.45, 2.75) is 33.6 Å². The van der Waals surface area contributed by atoms with Crippen LogP contribution in [0.15, 0.2) is 29.3 Å². The third-order valence-electron chi connectivity index (χ3n) is 2.52. The SMILES string of the molecule is C=C(CCC)C(C)=Nc1ccc(C#N)nc1C. The lowest BCUT2D eigenvalue weighted by molar-refractivity contribution is 0.937. The molecule has 0 bridgehead atoms. The maximum absolute atomic E-state index is 8.73. The summed E-state index contributed by atoms with van der Waals surface area (Å²) in [7, 11) is 0. The monoisotopic (exact) mass is 227 g/mol. The Bertz CT molecular complexity index is 493. The average molecular weight is 227 g/mol. The number of aliphatic imine (C=N–C) groups is 1. The Balaban J connectivity index is 2.99. The molecule has 0 radical (unpaired) electrons. The predicted octanol–water partition coefficient (Wildman–Crippen LogP) is 3.71. The molecule has 1 rings (SSSR count). The van der Waals surface area contributed by atoms with Crippen molar-refractivity contribution in [2.24, 2.45) is 4.99 Å². The highest BCUT2D eigenvalue weighted by atomic mass is 14.8. The van der Waals surface area contributed by atoms with Gasteiger partial charge in [0.25, 0.3) is 0 Å². The van der Waals surface area contributed by atoms with Crippen LogP contribution in [0.25, 0.3) is 0 Å². The third-order valence-corrected chi connectivity index (χ3v) is 2.52. The van der Waals surface area contributed by atoms with Gasteiger partial charge in [-0.3, -0.25) is 4.99 Å². The van der Waals surface area contributed by atoms with E-state index in [2.05, 4.69) is 23.5 Å². The van der Waals surface area contributed by atoms with Crippen LogP contribution < -0.4 is 0 Å². The van der Waals surface area contributed by atoms with Crippen LogP contribution in [0.1, 0.15) is 38.1 Å². The summed E-state index contributed by atoms with van der Waals surface area (Å²) in [5.74, 6) is 0. The molecule has 1 aromatic rings. The van der Waals surface area contributed by atoms with Crippen molar-refractivity contribution in [1.82, 2.24) is 4.98 Å². The van der Waals surface area contributed by atoms with E-state index in [1.165, 1.54) is 0 Å². The number of aromatic nitrogens is 1. The zero-order valence-corrected chi connectivity index (χ0v) is 10.6. The molecule has 17 heavy (non-hydrogen) atoms. The number of rotatable bonds is 4. The van der Waals surface area contributed by atoms with Gasteiger partial charge in [0.2, 0.25) is 0 Å². The minimum atomic E-state index is 0.423. The summed E-state index contributed by atoms with van der Waals surface area (Å²) < 4.78 is 0. The molecule has 3 nitrogen and oxygen atoms in total. The first-order valence-electron chi connectivity index (χ1n) is 5.69. The molecule has 0 saturated heterocycles. The summed E-state index contributed by atoms with van der Waals surface area (Å²) in [6.07, 6.45) is 2.02. The van der Waals surface area contributed by atoms with Crippen LogP contribution >= 0.6 is 0 Å². The fourth-order valence-electron chi connectivity index (χ4n) is 1.48. The number of hydrogen-bond donors (Lipinski definition) is 0. The lowest BCUT2D eigenvalue weighted by atomic mass is 10.1. The fourth-order valence-corrected chi connectivity index (χ4v) is 1.48. The average Bonchev–Trinajstić information content (AvgIpc) is 2.31. The summed E-state index contributed by atoms with van der Waals surface area (Å²) in [6, 6.07) is 5.52. The Morgan fingerprint density at radius 3 is 2.76 bits per heavy atom. The molecule has 0 amide bonds. The van der Waals surface area contributed by atoms with Crippen LogP contribution in [0, 0.1) is 18.3 Å². The number of pyridine rings is 1. The van der Waals surface area contributed by atoms with Crippen molar-refractivity contribution >= 4 is 11.4 Å². The number of nitriles is 1. The molecule has 0 spiro atoms. The third kappa shape index (κ3) is 3.53. The van der Waals surface area contributed by atoms with Gasteiger partial charge in [-0.25, -0.2) is 4.98 Å². The van der Waals surface area contributed by atoms with Gasteiger partial charge in [0.1, 0.15) is 11.8 Å². The Kier molecular flexibility index (Phi) is 4.59. The predicted molar refractivity (Wildman–Crippen MR) is 70.5 cm³/mol. The van der Waals surface area contributed by atoms with Gasteiger partial charge in [-0.1, -0.05) is 19.9 Å². The first-order valence-corrected chi connectivity index (χ1v) is 5.69. The van der Waals surface area contributed by atoms with Gasteiger partial charge in [-0.2, -0.15) is 5.26 Å². The first kappa shape index (κ1) is 13.1. The van der Waals surface area contributed by atoms with E-state index in [0.717, 1.165) is 35.5 Å². The molecule has 88 valence electrons. The molecular formula is C14H17N3. The lowest BCUT2D eigenvalue weighted by Gasteiger charge is -2.05. The highest BCUT2D eigenvalue weighted by Gasteiger charge is 2.02. The Labute approximate surface area is 103 Å². The maximum atomic E-state index is 8.73. The largest absolute Gasteiger partial charge is 0.252 e. The van der Waals surface area contributed by atoms with Crippen LogP contribution in [-0.4, -0.2) is 10.7 Å². The minimum absolute atomic E-state index is 0.423. The fraction of sp³-hybridized carbons (Fsp3) is 0.357. The van der Waals surface area contributed by atoms with E-state index >= 15 is 0 Å². The number of aryl methyl sites for hydroxylation is 1. The second kappa shape index (κ2) is 5.95. The number of allylic oxidation sites excluding steroid dienone is 1. The molecule has 3 heteroatoms. The number of hydrogen-bond acceptors (Lipinski definition) is 3. The standard InChI is InChI=1S/C14H17N3/c1-5-6-10(2)11(3)17-14-8-7-13(9-15)16-12(14)4/h7-8H,2,5-6H2,1,3-4H3. The first-order chi connectivity index (χ1) is 8.08. The molecule has 0 aliphatic rings. The Morgan fingerprint density at radius 1 is 1.53 bits per heavy atom. The van der Waals surface area contributed by atoms with E-state index in [-0.39, 0.29) is 0 Å². The molecular weight excluding hydrogens is 210 g/mol. The van der Waals surface area contributed by atoms with Crippen LogP contribution in [0.5, 0.6) is 0 Å². The van der Waals surface area contributed by atoms with E-state index in [1.54, 1.807) is 6.07 Å². The molecule has 0 saturated carbocycles. The van der Waals surface area contributed by atoms with Gasteiger partial charge in [0.05, 0.1) is 11.4 Å². The van der Waals surface area contributed by atoms with Gasteiger partial charge < -0.3 is 0 Å². The minimum Gasteiger partial charge on any atom is -0.252 e. The van der Waals surface area contributed by atoms with Gasteiger partial charge in [0.15, 0.2) is 0 Å². The summed E-state index contributed by atoms with van der Waals surface area (Å²) in [5.41, 5.74) is 3.98. The molecule has 0 aliphatic heterocycles. The summed E-state index contributed by atoms with van der Waals surface area (Å²) in [4.78, 5) is 8.65. The second-order valence-corrected chi connectivity index (χ2v) is 3.96. The molecule has 0 aliphatic carbocycles. The van der Waals surface area contributed by atoms with Crippen molar-refractivity contribution in [3.8, 4) is 6.07 Å². The van der Waals surface area contributed by atoms with Crippen LogP contribution in [0.3, 0.4) is 0 Å². The molecule has 0 N–H and O–H groups in total. The molecule has 1 heterocycles. The normalized spacial score (nSPS) is 11.1. The van der Waals surface area contributed by atoms with Crippen LogP contribution in [-0.2, 0) is 0 Å². The van der Waals surface area contributed by atoms with E-state index in [4.69, 9.17) is 5.26 Å². The Hall–Kier alpha value is -1.95. The highest BCUT2D eigenvalue weighted by Crippen LogP contribution is 2.18. The van der Waals surface area contributed by atoms with Crippen molar-refractivity contribution < 1.29 is 0 Å². The second-order valence-electron chi connectivity index (χ2n) is 3.96.